The van der Waals surface area contributed by atoms with Gasteiger partial charge in [0.25, 0.3) is 0 Å². The molecule has 0 bridgehead atoms. The number of nitrogens with zero attached hydrogens (tertiary/aromatic N) is 1. The van der Waals surface area contributed by atoms with Crippen LogP contribution in [0.15, 0.2) is 66.9 Å². The van der Waals surface area contributed by atoms with Gasteiger partial charge in [0.15, 0.2) is 0 Å². The smallest absolute Gasteiger partial charge is 0.133 e. The van der Waals surface area contributed by atoms with Crippen molar-refractivity contribution in [3.8, 4) is 11.1 Å². The Morgan fingerprint density at radius 1 is 1.04 bits per heavy atom. The van der Waals surface area contributed by atoms with Crippen molar-refractivity contribution in [3.05, 3.63) is 95.1 Å². The number of benzene rings is 3. The monoisotopic (exact) mass is 393 g/mol. The molecule has 1 atom stereocenters. The second kappa shape index (κ2) is 7.56. The molecule has 139 valence electrons. The maximum atomic E-state index is 14.7. The highest BCUT2D eigenvalue weighted by Gasteiger charge is 2.16. The van der Waals surface area contributed by atoms with E-state index in [1.54, 1.807) is 48.5 Å². The molecule has 0 saturated carbocycles. The van der Waals surface area contributed by atoms with Crippen molar-refractivity contribution in [2.45, 2.75) is 13.0 Å². The SMILES string of the molecule is CC(Nc1c(Cl)cnc2cc(F)c(-c3cc[c]cc3)cc12)c1ccccc1F. The van der Waals surface area contributed by atoms with Gasteiger partial charge in [-0.1, -0.05) is 54.1 Å². The molecule has 1 N–H and O–H groups in total. The third kappa shape index (κ3) is 3.43. The number of hydrogen-bond donors (Lipinski definition) is 1. The number of halogens is 3. The molecule has 1 aromatic heterocycles. The summed E-state index contributed by atoms with van der Waals surface area (Å²) >= 11 is 6.40. The minimum absolute atomic E-state index is 0.302. The average Bonchev–Trinajstić information content (AvgIpc) is 2.71. The van der Waals surface area contributed by atoms with E-state index in [4.69, 9.17) is 11.6 Å². The van der Waals surface area contributed by atoms with E-state index in [2.05, 4.69) is 16.4 Å². The summed E-state index contributed by atoms with van der Waals surface area (Å²) in [4.78, 5) is 4.24. The van der Waals surface area contributed by atoms with E-state index in [1.165, 1.54) is 18.3 Å². The fraction of sp³-hybridized carbons (Fsp3) is 0.0870. The minimum atomic E-state index is -0.373. The number of aromatic nitrogens is 1. The zero-order valence-corrected chi connectivity index (χ0v) is 15.8. The highest BCUT2D eigenvalue weighted by molar-refractivity contribution is 6.34. The summed E-state index contributed by atoms with van der Waals surface area (Å²) in [5.74, 6) is -0.675. The van der Waals surface area contributed by atoms with Gasteiger partial charge in [-0.2, -0.15) is 0 Å². The lowest BCUT2D eigenvalue weighted by Crippen LogP contribution is -2.09. The van der Waals surface area contributed by atoms with Crippen molar-refractivity contribution in [2.75, 3.05) is 5.32 Å². The van der Waals surface area contributed by atoms with Gasteiger partial charge in [-0.15, -0.1) is 0 Å². The Bertz CT molecular complexity index is 1150. The van der Waals surface area contributed by atoms with Crippen LogP contribution in [0.5, 0.6) is 0 Å². The van der Waals surface area contributed by atoms with Gasteiger partial charge in [0.05, 0.1) is 22.3 Å². The lowest BCUT2D eigenvalue weighted by molar-refractivity contribution is 0.600. The van der Waals surface area contributed by atoms with Crippen LogP contribution < -0.4 is 5.32 Å². The molecule has 1 radical (unpaired) electrons. The van der Waals surface area contributed by atoms with Crippen molar-refractivity contribution < 1.29 is 8.78 Å². The predicted octanol–water partition coefficient (Wildman–Crippen LogP) is 6.81. The van der Waals surface area contributed by atoms with Crippen LogP contribution in [-0.2, 0) is 0 Å². The van der Waals surface area contributed by atoms with Crippen LogP contribution in [0, 0.1) is 17.7 Å². The first-order chi connectivity index (χ1) is 13.5. The number of anilines is 1. The summed E-state index contributed by atoms with van der Waals surface area (Å²) in [6.45, 7) is 1.85. The largest absolute Gasteiger partial charge is 0.377 e. The molecule has 3 aromatic carbocycles. The number of hydrogen-bond acceptors (Lipinski definition) is 2. The van der Waals surface area contributed by atoms with Crippen molar-refractivity contribution in [1.29, 1.82) is 0 Å². The van der Waals surface area contributed by atoms with Crippen molar-refractivity contribution >= 4 is 28.2 Å². The molecule has 1 heterocycles. The Balaban J connectivity index is 1.83. The van der Waals surface area contributed by atoms with Crippen LogP contribution in [0.3, 0.4) is 0 Å². The molecule has 0 amide bonds. The van der Waals surface area contributed by atoms with Crippen LogP contribution >= 0.6 is 11.6 Å². The van der Waals surface area contributed by atoms with Gasteiger partial charge in [0.2, 0.25) is 0 Å². The summed E-state index contributed by atoms with van der Waals surface area (Å²) in [6.07, 6.45) is 1.47. The van der Waals surface area contributed by atoms with E-state index in [0.29, 0.717) is 32.7 Å². The van der Waals surface area contributed by atoms with Gasteiger partial charge in [0.1, 0.15) is 11.6 Å². The van der Waals surface area contributed by atoms with Gasteiger partial charge in [0, 0.05) is 28.8 Å². The molecule has 5 heteroatoms. The van der Waals surface area contributed by atoms with Crippen LogP contribution in [0.25, 0.3) is 22.0 Å². The molecule has 0 aliphatic heterocycles. The fourth-order valence-electron chi connectivity index (χ4n) is 3.24. The molecule has 2 nitrogen and oxygen atoms in total. The van der Waals surface area contributed by atoms with Gasteiger partial charge < -0.3 is 5.32 Å². The number of fused-ring (bicyclic) bond motifs is 1. The third-order valence-electron chi connectivity index (χ3n) is 4.67. The molecular weight excluding hydrogens is 378 g/mol. The lowest BCUT2D eigenvalue weighted by Gasteiger charge is -2.19. The Labute approximate surface area is 166 Å². The molecular formula is C23H16ClF2N2. The molecule has 0 aliphatic carbocycles. The summed E-state index contributed by atoms with van der Waals surface area (Å²) in [5.41, 5.74) is 2.74. The van der Waals surface area contributed by atoms with E-state index in [0.717, 1.165) is 5.56 Å². The Hall–Kier alpha value is -2.98. The van der Waals surface area contributed by atoms with Crippen LogP contribution in [0.2, 0.25) is 5.02 Å². The van der Waals surface area contributed by atoms with Crippen LogP contribution in [-0.4, -0.2) is 4.98 Å². The van der Waals surface area contributed by atoms with Gasteiger partial charge in [-0.3, -0.25) is 4.98 Å². The second-order valence-corrected chi connectivity index (χ2v) is 6.91. The van der Waals surface area contributed by atoms with Gasteiger partial charge in [-0.25, -0.2) is 8.78 Å². The first-order valence-electron chi connectivity index (χ1n) is 8.80. The summed E-state index contributed by atoms with van der Waals surface area (Å²) in [6, 6.07) is 19.3. The predicted molar refractivity (Wildman–Crippen MR) is 109 cm³/mol. The van der Waals surface area contributed by atoms with Crippen molar-refractivity contribution in [2.24, 2.45) is 0 Å². The molecule has 0 saturated heterocycles. The molecule has 28 heavy (non-hydrogen) atoms. The first kappa shape index (κ1) is 18.4. The number of pyridine rings is 1. The maximum Gasteiger partial charge on any atom is 0.133 e. The van der Waals surface area contributed by atoms with Crippen LogP contribution in [0.1, 0.15) is 18.5 Å². The topological polar surface area (TPSA) is 24.9 Å². The molecule has 4 aromatic rings. The number of rotatable bonds is 4. The fourth-order valence-corrected chi connectivity index (χ4v) is 3.45. The maximum absolute atomic E-state index is 14.7. The standard InChI is InChI=1S/C23H16ClF2N2/c1-14(16-9-5-6-10-20(16)25)28-23-18-11-17(15-7-3-2-4-8-15)21(26)12-22(18)27-13-19(23)24/h3-14H,1H3,(H,27,28). The third-order valence-corrected chi connectivity index (χ3v) is 4.96. The average molecular weight is 394 g/mol. The van der Waals surface area contributed by atoms with E-state index in [1.807, 2.05) is 6.92 Å². The lowest BCUT2D eigenvalue weighted by atomic mass is 10.0. The van der Waals surface area contributed by atoms with Crippen molar-refractivity contribution in [3.63, 3.8) is 0 Å². The normalized spacial score (nSPS) is 12.1. The minimum Gasteiger partial charge on any atom is -0.377 e. The quantitative estimate of drug-likeness (QED) is 0.412. The zero-order chi connectivity index (χ0) is 19.7. The second-order valence-electron chi connectivity index (χ2n) is 6.51. The Morgan fingerprint density at radius 3 is 2.54 bits per heavy atom. The highest BCUT2D eigenvalue weighted by Crippen LogP contribution is 2.36. The first-order valence-corrected chi connectivity index (χ1v) is 9.17. The van der Waals surface area contributed by atoms with E-state index in [9.17, 15) is 8.78 Å². The number of nitrogens with one attached hydrogen (secondary N) is 1. The Morgan fingerprint density at radius 2 is 1.79 bits per heavy atom. The van der Waals surface area contributed by atoms with Gasteiger partial charge >= 0.3 is 0 Å². The molecule has 0 spiro atoms. The van der Waals surface area contributed by atoms with E-state index < -0.39 is 0 Å². The summed E-state index contributed by atoms with van der Waals surface area (Å²) in [7, 11) is 0. The highest BCUT2D eigenvalue weighted by atomic mass is 35.5. The summed E-state index contributed by atoms with van der Waals surface area (Å²) < 4.78 is 28.8. The van der Waals surface area contributed by atoms with Gasteiger partial charge in [-0.05, 0) is 30.7 Å². The Kier molecular flexibility index (Phi) is 4.97. The molecule has 0 aliphatic rings. The summed E-state index contributed by atoms with van der Waals surface area (Å²) in [5, 5.41) is 4.32. The molecule has 0 fully saturated rings. The zero-order valence-electron chi connectivity index (χ0n) is 15.0. The van der Waals surface area contributed by atoms with E-state index in [-0.39, 0.29) is 17.7 Å². The molecule has 1 unspecified atom stereocenters. The van der Waals surface area contributed by atoms with Crippen LogP contribution in [0.4, 0.5) is 14.5 Å². The molecule has 4 rings (SSSR count). The van der Waals surface area contributed by atoms with E-state index >= 15 is 0 Å². The van der Waals surface area contributed by atoms with Crippen molar-refractivity contribution in [1.82, 2.24) is 4.98 Å².